The number of aromatic nitrogens is 2. The second kappa shape index (κ2) is 7.79. The first-order valence-electron chi connectivity index (χ1n) is 8.20. The van der Waals surface area contributed by atoms with Gasteiger partial charge >= 0.3 is 0 Å². The predicted octanol–water partition coefficient (Wildman–Crippen LogP) is 3.50. The SMILES string of the molecule is CCCNCc1cnc(C2(OCC)CCCCCC2)[nH]1. The highest BCUT2D eigenvalue weighted by Crippen LogP contribution is 2.37. The number of hydrogen-bond donors (Lipinski definition) is 2. The number of nitrogens with zero attached hydrogens (tertiary/aromatic N) is 1. The molecule has 20 heavy (non-hydrogen) atoms. The molecule has 1 heterocycles. The quantitative estimate of drug-likeness (QED) is 0.593. The average molecular weight is 279 g/mol. The maximum Gasteiger partial charge on any atom is 0.138 e. The van der Waals surface area contributed by atoms with E-state index in [0.29, 0.717) is 0 Å². The summed E-state index contributed by atoms with van der Waals surface area (Å²) >= 11 is 0. The van der Waals surface area contributed by atoms with Crippen LogP contribution in [0.2, 0.25) is 0 Å². The Morgan fingerprint density at radius 2 is 2.00 bits per heavy atom. The van der Waals surface area contributed by atoms with Crippen molar-refractivity contribution in [2.24, 2.45) is 0 Å². The molecule has 0 unspecified atom stereocenters. The molecule has 1 fully saturated rings. The fourth-order valence-electron chi connectivity index (χ4n) is 3.11. The number of rotatable bonds is 7. The maximum absolute atomic E-state index is 6.16. The van der Waals surface area contributed by atoms with Crippen LogP contribution in [-0.4, -0.2) is 23.1 Å². The molecule has 2 N–H and O–H groups in total. The van der Waals surface area contributed by atoms with Crippen molar-refractivity contribution in [1.82, 2.24) is 15.3 Å². The maximum atomic E-state index is 6.16. The number of hydrogen-bond acceptors (Lipinski definition) is 3. The van der Waals surface area contributed by atoms with Gasteiger partial charge in [0.1, 0.15) is 11.4 Å². The van der Waals surface area contributed by atoms with Crippen molar-refractivity contribution in [2.45, 2.75) is 70.9 Å². The molecule has 4 nitrogen and oxygen atoms in total. The van der Waals surface area contributed by atoms with Gasteiger partial charge in [0.25, 0.3) is 0 Å². The molecule has 4 heteroatoms. The highest BCUT2D eigenvalue weighted by molar-refractivity contribution is 5.10. The van der Waals surface area contributed by atoms with Crippen molar-refractivity contribution in [3.05, 3.63) is 17.7 Å². The van der Waals surface area contributed by atoms with Gasteiger partial charge in [-0.05, 0) is 32.7 Å². The second-order valence-corrected chi connectivity index (χ2v) is 5.78. The summed E-state index contributed by atoms with van der Waals surface area (Å²) in [5, 5.41) is 3.41. The molecule has 1 aromatic heterocycles. The summed E-state index contributed by atoms with van der Waals surface area (Å²) < 4.78 is 6.16. The summed E-state index contributed by atoms with van der Waals surface area (Å²) in [7, 11) is 0. The fourth-order valence-corrected chi connectivity index (χ4v) is 3.11. The molecule has 0 atom stereocenters. The third-order valence-electron chi connectivity index (χ3n) is 4.13. The molecule has 0 radical (unpaired) electrons. The van der Waals surface area contributed by atoms with E-state index in [4.69, 9.17) is 4.74 Å². The van der Waals surface area contributed by atoms with Crippen LogP contribution >= 0.6 is 0 Å². The van der Waals surface area contributed by atoms with E-state index < -0.39 is 0 Å². The number of ether oxygens (including phenoxy) is 1. The Kier molecular flexibility index (Phi) is 6.05. The lowest BCUT2D eigenvalue weighted by Gasteiger charge is -2.30. The second-order valence-electron chi connectivity index (χ2n) is 5.78. The molecular formula is C16H29N3O. The van der Waals surface area contributed by atoms with Crippen molar-refractivity contribution in [3.63, 3.8) is 0 Å². The average Bonchev–Trinajstić information content (AvgIpc) is 2.80. The monoisotopic (exact) mass is 279 g/mol. The number of nitrogens with one attached hydrogen (secondary N) is 2. The zero-order valence-electron chi connectivity index (χ0n) is 13.0. The van der Waals surface area contributed by atoms with Crippen molar-refractivity contribution < 1.29 is 4.74 Å². The summed E-state index contributed by atoms with van der Waals surface area (Å²) in [6.07, 6.45) is 10.4. The molecule has 1 saturated carbocycles. The van der Waals surface area contributed by atoms with Gasteiger partial charge in [0.15, 0.2) is 0 Å². The lowest BCUT2D eigenvalue weighted by Crippen LogP contribution is -2.31. The van der Waals surface area contributed by atoms with E-state index in [2.05, 4.69) is 29.1 Å². The minimum Gasteiger partial charge on any atom is -0.367 e. The van der Waals surface area contributed by atoms with Crippen LogP contribution in [0.25, 0.3) is 0 Å². The summed E-state index contributed by atoms with van der Waals surface area (Å²) in [5.41, 5.74) is 0.991. The van der Waals surface area contributed by atoms with Crippen molar-refractivity contribution in [3.8, 4) is 0 Å². The molecule has 0 saturated heterocycles. The van der Waals surface area contributed by atoms with Gasteiger partial charge in [-0.2, -0.15) is 0 Å². The molecule has 114 valence electrons. The van der Waals surface area contributed by atoms with Crippen molar-refractivity contribution in [1.29, 1.82) is 0 Å². The van der Waals surface area contributed by atoms with Gasteiger partial charge < -0.3 is 15.0 Å². The first-order valence-corrected chi connectivity index (χ1v) is 8.20. The molecule has 0 spiro atoms. The third kappa shape index (κ3) is 3.83. The van der Waals surface area contributed by atoms with Crippen molar-refractivity contribution in [2.75, 3.05) is 13.2 Å². The van der Waals surface area contributed by atoms with Gasteiger partial charge in [-0.25, -0.2) is 4.98 Å². The van der Waals surface area contributed by atoms with Crippen LogP contribution in [-0.2, 0) is 16.9 Å². The lowest BCUT2D eigenvalue weighted by molar-refractivity contribution is -0.0619. The third-order valence-corrected chi connectivity index (χ3v) is 4.13. The molecular weight excluding hydrogens is 250 g/mol. The van der Waals surface area contributed by atoms with E-state index >= 15 is 0 Å². The minimum absolute atomic E-state index is 0.172. The van der Waals surface area contributed by atoms with Gasteiger partial charge in [-0.3, -0.25) is 0 Å². The predicted molar refractivity (Wildman–Crippen MR) is 81.6 cm³/mol. The Morgan fingerprint density at radius 3 is 2.65 bits per heavy atom. The number of H-pyrrole nitrogens is 1. The van der Waals surface area contributed by atoms with Crippen molar-refractivity contribution >= 4 is 0 Å². The zero-order valence-corrected chi connectivity index (χ0v) is 13.0. The Balaban J connectivity index is 2.08. The first-order chi connectivity index (χ1) is 9.80. The topological polar surface area (TPSA) is 49.9 Å². The zero-order chi connectivity index (χ0) is 14.3. The summed E-state index contributed by atoms with van der Waals surface area (Å²) in [6.45, 7) is 6.93. The molecule has 1 aliphatic rings. The summed E-state index contributed by atoms with van der Waals surface area (Å²) in [6, 6.07) is 0. The van der Waals surface area contributed by atoms with Gasteiger partial charge in [-0.1, -0.05) is 32.6 Å². The minimum atomic E-state index is -0.172. The smallest absolute Gasteiger partial charge is 0.138 e. The highest BCUT2D eigenvalue weighted by Gasteiger charge is 2.36. The summed E-state index contributed by atoms with van der Waals surface area (Å²) in [5.74, 6) is 1.04. The van der Waals surface area contributed by atoms with Gasteiger partial charge in [0.2, 0.25) is 0 Å². The Morgan fingerprint density at radius 1 is 1.25 bits per heavy atom. The fraction of sp³-hybridized carbons (Fsp3) is 0.812. The van der Waals surface area contributed by atoms with Crippen LogP contribution in [0.1, 0.15) is 70.3 Å². The highest BCUT2D eigenvalue weighted by atomic mass is 16.5. The van der Waals surface area contributed by atoms with E-state index in [1.807, 2.05) is 6.20 Å². The van der Waals surface area contributed by atoms with E-state index in [0.717, 1.165) is 50.5 Å². The van der Waals surface area contributed by atoms with Crippen LogP contribution in [0.4, 0.5) is 0 Å². The number of imidazole rings is 1. The lowest BCUT2D eigenvalue weighted by atomic mass is 9.93. The van der Waals surface area contributed by atoms with Crippen LogP contribution in [0, 0.1) is 0 Å². The largest absolute Gasteiger partial charge is 0.367 e. The molecule has 0 bridgehead atoms. The van der Waals surface area contributed by atoms with Crippen LogP contribution in [0.5, 0.6) is 0 Å². The molecule has 1 aliphatic carbocycles. The Labute approximate surface area is 122 Å². The molecule has 0 amide bonds. The van der Waals surface area contributed by atoms with Gasteiger partial charge in [0, 0.05) is 25.0 Å². The molecule has 1 aromatic rings. The van der Waals surface area contributed by atoms with Crippen LogP contribution in [0.3, 0.4) is 0 Å². The Hall–Kier alpha value is -0.870. The van der Waals surface area contributed by atoms with Crippen LogP contribution in [0.15, 0.2) is 6.20 Å². The molecule has 2 rings (SSSR count). The van der Waals surface area contributed by atoms with Gasteiger partial charge in [-0.15, -0.1) is 0 Å². The van der Waals surface area contributed by atoms with E-state index in [1.165, 1.54) is 25.7 Å². The van der Waals surface area contributed by atoms with E-state index in [9.17, 15) is 0 Å². The van der Waals surface area contributed by atoms with E-state index in [-0.39, 0.29) is 5.60 Å². The normalized spacial score (nSPS) is 18.9. The number of aromatic amines is 1. The first kappa shape index (κ1) is 15.5. The molecule has 0 aliphatic heterocycles. The van der Waals surface area contributed by atoms with Gasteiger partial charge in [0.05, 0.1) is 0 Å². The molecule has 0 aromatic carbocycles. The summed E-state index contributed by atoms with van der Waals surface area (Å²) in [4.78, 5) is 8.13. The van der Waals surface area contributed by atoms with Crippen LogP contribution < -0.4 is 5.32 Å². The Bertz CT molecular complexity index is 381. The standard InChI is InChI=1S/C16H29N3O/c1-3-11-17-12-14-13-18-15(19-14)16(20-4-2)9-7-5-6-8-10-16/h13,17H,3-12H2,1-2H3,(H,18,19). The van der Waals surface area contributed by atoms with E-state index in [1.54, 1.807) is 0 Å².